The van der Waals surface area contributed by atoms with Gasteiger partial charge in [0, 0.05) is 23.4 Å². The molecule has 0 aliphatic carbocycles. The van der Waals surface area contributed by atoms with Crippen molar-refractivity contribution in [3.63, 3.8) is 0 Å². The van der Waals surface area contributed by atoms with Crippen molar-refractivity contribution < 1.29 is 29.3 Å². The molecule has 8 heteroatoms. The first-order chi connectivity index (χ1) is 16.9. The third kappa shape index (κ3) is 7.61. The van der Waals surface area contributed by atoms with Crippen LogP contribution in [-0.4, -0.2) is 40.4 Å². The molecule has 0 bridgehead atoms. The van der Waals surface area contributed by atoms with Crippen LogP contribution in [0.3, 0.4) is 0 Å². The van der Waals surface area contributed by atoms with E-state index >= 15 is 0 Å². The summed E-state index contributed by atoms with van der Waals surface area (Å²) in [6.45, 7) is -0.369. The SMILES string of the molecule is O=C(O)CN(C(=O)C(CS)CCc1ccccc1)c1cccc(OCc2cccc(C(=O)O)c2)c1. The molecule has 1 atom stereocenters. The third-order valence-electron chi connectivity index (χ3n) is 5.46. The smallest absolute Gasteiger partial charge is 0.335 e. The number of nitrogens with zero attached hydrogens (tertiary/aromatic N) is 1. The molecule has 3 rings (SSSR count). The molecule has 0 radical (unpaired) electrons. The van der Waals surface area contributed by atoms with Gasteiger partial charge in [-0.25, -0.2) is 4.79 Å². The van der Waals surface area contributed by atoms with Gasteiger partial charge in [-0.1, -0.05) is 48.5 Å². The summed E-state index contributed by atoms with van der Waals surface area (Å²) in [6, 6.07) is 22.8. The molecular formula is C27H27NO6S. The Morgan fingerprint density at radius 1 is 0.886 bits per heavy atom. The maximum absolute atomic E-state index is 13.3. The fourth-order valence-electron chi connectivity index (χ4n) is 3.63. The molecule has 0 fully saturated rings. The molecule has 7 nitrogen and oxygen atoms in total. The fourth-order valence-corrected chi connectivity index (χ4v) is 3.97. The molecule has 0 aromatic heterocycles. The summed E-state index contributed by atoms with van der Waals surface area (Å²) in [5.41, 5.74) is 2.33. The average molecular weight is 494 g/mol. The van der Waals surface area contributed by atoms with Gasteiger partial charge in [0.25, 0.3) is 0 Å². The standard InChI is InChI=1S/C27H27NO6S/c29-25(30)16-28(26(31)22(18-35)13-12-19-6-2-1-3-7-19)23-10-5-11-24(15-23)34-17-20-8-4-9-21(14-20)27(32)33/h1-11,14-15,22,35H,12-13,16-18H2,(H,29,30)(H,32,33). The maximum atomic E-state index is 13.3. The number of anilines is 1. The Kier molecular flexibility index (Phi) is 9.31. The van der Waals surface area contributed by atoms with Crippen LogP contribution in [0.5, 0.6) is 5.75 Å². The maximum Gasteiger partial charge on any atom is 0.335 e. The molecule has 2 N–H and O–H groups in total. The summed E-state index contributed by atoms with van der Waals surface area (Å²) in [5, 5.41) is 18.6. The summed E-state index contributed by atoms with van der Waals surface area (Å²) < 4.78 is 5.80. The van der Waals surface area contributed by atoms with Crippen LogP contribution in [0.1, 0.15) is 27.9 Å². The molecule has 0 saturated heterocycles. The van der Waals surface area contributed by atoms with E-state index in [1.165, 1.54) is 17.0 Å². The summed E-state index contributed by atoms with van der Waals surface area (Å²) >= 11 is 4.35. The van der Waals surface area contributed by atoms with Crippen molar-refractivity contribution in [3.05, 3.63) is 95.6 Å². The second-order valence-electron chi connectivity index (χ2n) is 8.01. The quantitative estimate of drug-likeness (QED) is 0.320. The van der Waals surface area contributed by atoms with Crippen LogP contribution < -0.4 is 9.64 Å². The summed E-state index contributed by atoms with van der Waals surface area (Å²) in [4.78, 5) is 37.3. The van der Waals surface area contributed by atoms with E-state index in [9.17, 15) is 19.5 Å². The first-order valence-corrected chi connectivity index (χ1v) is 11.7. The monoisotopic (exact) mass is 493 g/mol. The third-order valence-corrected chi connectivity index (χ3v) is 5.90. The molecule has 0 aliphatic rings. The molecule has 0 heterocycles. The predicted octanol–water partition coefficient (Wildman–Crippen LogP) is 4.56. The lowest BCUT2D eigenvalue weighted by Crippen LogP contribution is -2.40. The van der Waals surface area contributed by atoms with Crippen LogP contribution >= 0.6 is 12.6 Å². The number of hydrogen-bond acceptors (Lipinski definition) is 5. The minimum Gasteiger partial charge on any atom is -0.489 e. The zero-order chi connectivity index (χ0) is 25.2. The van der Waals surface area contributed by atoms with Gasteiger partial charge in [-0.05, 0) is 48.2 Å². The molecule has 3 aromatic rings. The molecule has 0 spiro atoms. The van der Waals surface area contributed by atoms with Crippen molar-refractivity contribution in [2.24, 2.45) is 5.92 Å². The van der Waals surface area contributed by atoms with E-state index in [0.29, 0.717) is 29.8 Å². The van der Waals surface area contributed by atoms with Crippen molar-refractivity contribution in [1.29, 1.82) is 0 Å². The van der Waals surface area contributed by atoms with Crippen LogP contribution in [-0.2, 0) is 22.6 Å². The van der Waals surface area contributed by atoms with E-state index in [1.807, 2.05) is 30.3 Å². The lowest BCUT2D eigenvalue weighted by molar-refractivity contribution is -0.137. The topological polar surface area (TPSA) is 104 Å². The Hall–Kier alpha value is -3.78. The number of hydrogen-bond donors (Lipinski definition) is 3. The van der Waals surface area contributed by atoms with Crippen molar-refractivity contribution in [1.82, 2.24) is 0 Å². The lowest BCUT2D eigenvalue weighted by Gasteiger charge is -2.26. The number of ether oxygens (including phenoxy) is 1. The fraction of sp³-hybridized carbons (Fsp3) is 0.222. The van der Waals surface area contributed by atoms with Crippen LogP contribution in [0.4, 0.5) is 5.69 Å². The zero-order valence-corrected chi connectivity index (χ0v) is 19.9. The Balaban J connectivity index is 1.74. The molecule has 35 heavy (non-hydrogen) atoms. The Labute approximate surface area is 209 Å². The second kappa shape index (κ2) is 12.6. The van der Waals surface area contributed by atoms with E-state index in [0.717, 1.165) is 5.56 Å². The number of thiol groups is 1. The van der Waals surface area contributed by atoms with Crippen LogP contribution in [0.2, 0.25) is 0 Å². The predicted molar refractivity (Wildman–Crippen MR) is 136 cm³/mol. The van der Waals surface area contributed by atoms with Gasteiger partial charge in [-0.15, -0.1) is 0 Å². The average Bonchev–Trinajstić information content (AvgIpc) is 2.87. The van der Waals surface area contributed by atoms with Gasteiger partial charge in [-0.3, -0.25) is 9.59 Å². The summed E-state index contributed by atoms with van der Waals surface area (Å²) in [5.74, 6) is -2.21. The minimum absolute atomic E-state index is 0.119. The van der Waals surface area contributed by atoms with E-state index in [4.69, 9.17) is 9.84 Å². The van der Waals surface area contributed by atoms with E-state index < -0.39 is 24.4 Å². The second-order valence-corrected chi connectivity index (χ2v) is 8.38. The molecule has 0 aliphatic heterocycles. The van der Waals surface area contributed by atoms with Crippen molar-refractivity contribution in [3.8, 4) is 5.75 Å². The van der Waals surface area contributed by atoms with Crippen LogP contribution in [0.15, 0.2) is 78.9 Å². The Bertz CT molecular complexity index is 1170. The highest BCUT2D eigenvalue weighted by Gasteiger charge is 2.26. The molecule has 3 aromatic carbocycles. The van der Waals surface area contributed by atoms with Crippen LogP contribution in [0.25, 0.3) is 0 Å². The lowest BCUT2D eigenvalue weighted by atomic mass is 9.99. The minimum atomic E-state index is -1.13. The van der Waals surface area contributed by atoms with Crippen LogP contribution in [0, 0.1) is 5.92 Å². The van der Waals surface area contributed by atoms with Gasteiger partial charge >= 0.3 is 11.9 Å². The summed E-state index contributed by atoms with van der Waals surface area (Å²) in [7, 11) is 0. The van der Waals surface area contributed by atoms with Gasteiger partial charge in [0.1, 0.15) is 18.9 Å². The van der Waals surface area contributed by atoms with Crippen molar-refractivity contribution >= 4 is 36.2 Å². The molecule has 1 unspecified atom stereocenters. The number of aliphatic carboxylic acids is 1. The largest absolute Gasteiger partial charge is 0.489 e. The highest BCUT2D eigenvalue weighted by molar-refractivity contribution is 7.80. The normalized spacial score (nSPS) is 11.5. The molecule has 1 amide bonds. The number of carbonyl (C=O) groups excluding carboxylic acids is 1. The first kappa shape index (κ1) is 25.8. The highest BCUT2D eigenvalue weighted by Crippen LogP contribution is 2.25. The van der Waals surface area contributed by atoms with E-state index in [-0.39, 0.29) is 23.8 Å². The summed E-state index contributed by atoms with van der Waals surface area (Å²) in [6.07, 6.45) is 1.22. The Morgan fingerprint density at radius 2 is 1.60 bits per heavy atom. The molecular weight excluding hydrogens is 466 g/mol. The van der Waals surface area contributed by atoms with Gasteiger partial charge < -0.3 is 19.8 Å². The molecule has 182 valence electrons. The van der Waals surface area contributed by atoms with Gasteiger partial charge in [0.2, 0.25) is 5.91 Å². The number of benzene rings is 3. The number of aromatic carboxylic acids is 1. The van der Waals surface area contributed by atoms with Gasteiger partial charge in [0.15, 0.2) is 0 Å². The number of amides is 1. The van der Waals surface area contributed by atoms with E-state index in [1.54, 1.807) is 36.4 Å². The van der Waals surface area contributed by atoms with Gasteiger partial charge in [0.05, 0.1) is 5.56 Å². The number of carboxylic acid groups (broad SMARTS) is 2. The number of aryl methyl sites for hydroxylation is 1. The Morgan fingerprint density at radius 3 is 2.29 bits per heavy atom. The van der Waals surface area contributed by atoms with Crippen molar-refractivity contribution in [2.45, 2.75) is 19.4 Å². The highest BCUT2D eigenvalue weighted by atomic mass is 32.1. The number of carbonyl (C=O) groups is 3. The zero-order valence-electron chi connectivity index (χ0n) is 19.0. The van der Waals surface area contributed by atoms with Crippen molar-refractivity contribution in [2.75, 3.05) is 17.2 Å². The van der Waals surface area contributed by atoms with Gasteiger partial charge in [-0.2, -0.15) is 12.6 Å². The molecule has 0 saturated carbocycles. The first-order valence-electron chi connectivity index (χ1n) is 11.1. The van der Waals surface area contributed by atoms with E-state index in [2.05, 4.69) is 12.6 Å². The number of rotatable bonds is 12. The number of carboxylic acids is 2.